The maximum atomic E-state index is 11.4. The Bertz CT molecular complexity index is 172. The third kappa shape index (κ3) is 1.90. The van der Waals surface area contributed by atoms with E-state index in [-0.39, 0.29) is 18.6 Å². The van der Waals surface area contributed by atoms with Gasteiger partial charge in [-0.05, 0) is 19.8 Å². The van der Waals surface area contributed by atoms with Crippen molar-refractivity contribution < 1.29 is 9.90 Å². The lowest BCUT2D eigenvalue weighted by molar-refractivity contribution is -0.132. The van der Waals surface area contributed by atoms with Crippen LogP contribution >= 0.6 is 11.6 Å². The van der Waals surface area contributed by atoms with Crippen LogP contribution < -0.4 is 0 Å². The second-order valence-electron chi connectivity index (χ2n) is 3.13. The summed E-state index contributed by atoms with van der Waals surface area (Å²) >= 11 is 5.66. The Morgan fingerprint density at radius 2 is 2.50 bits per heavy atom. The molecule has 1 aliphatic rings. The van der Waals surface area contributed by atoms with Crippen LogP contribution in [-0.2, 0) is 4.79 Å². The number of likely N-dealkylation sites (tertiary alicyclic amines) is 1. The molecule has 1 amide bonds. The van der Waals surface area contributed by atoms with Gasteiger partial charge in [0.05, 0.1) is 12.6 Å². The van der Waals surface area contributed by atoms with E-state index >= 15 is 0 Å². The first-order chi connectivity index (χ1) is 5.66. The van der Waals surface area contributed by atoms with Gasteiger partial charge in [-0.2, -0.15) is 0 Å². The van der Waals surface area contributed by atoms with Gasteiger partial charge >= 0.3 is 0 Å². The number of aliphatic hydroxyl groups excluding tert-OH is 1. The van der Waals surface area contributed by atoms with Crippen molar-refractivity contribution in [2.24, 2.45) is 0 Å². The van der Waals surface area contributed by atoms with E-state index < -0.39 is 5.38 Å². The molecule has 1 saturated heterocycles. The van der Waals surface area contributed by atoms with Gasteiger partial charge < -0.3 is 10.0 Å². The molecule has 12 heavy (non-hydrogen) atoms. The lowest BCUT2D eigenvalue weighted by atomic mass is 10.2. The smallest absolute Gasteiger partial charge is 0.240 e. The number of hydrogen-bond donors (Lipinski definition) is 1. The van der Waals surface area contributed by atoms with E-state index in [1.165, 1.54) is 0 Å². The molecule has 0 aromatic rings. The predicted octanol–water partition coefficient (Wildman–Crippen LogP) is 0.597. The topological polar surface area (TPSA) is 40.5 Å². The molecule has 1 aliphatic heterocycles. The Morgan fingerprint density at radius 3 is 3.00 bits per heavy atom. The number of halogens is 1. The number of nitrogens with zero attached hydrogens (tertiary/aromatic N) is 1. The van der Waals surface area contributed by atoms with Crippen molar-refractivity contribution in [1.82, 2.24) is 4.90 Å². The second kappa shape index (κ2) is 4.10. The maximum Gasteiger partial charge on any atom is 0.240 e. The quantitative estimate of drug-likeness (QED) is 0.650. The second-order valence-corrected chi connectivity index (χ2v) is 3.78. The van der Waals surface area contributed by atoms with Crippen LogP contribution in [0.25, 0.3) is 0 Å². The van der Waals surface area contributed by atoms with E-state index in [0.717, 1.165) is 19.4 Å². The Balaban J connectivity index is 2.55. The Kier molecular flexibility index (Phi) is 3.35. The minimum absolute atomic E-state index is 0.00120. The van der Waals surface area contributed by atoms with E-state index in [2.05, 4.69) is 0 Å². The number of rotatable bonds is 2. The van der Waals surface area contributed by atoms with Gasteiger partial charge in [0.2, 0.25) is 5.91 Å². The third-order valence-corrected chi connectivity index (χ3v) is 2.40. The molecular weight excluding hydrogens is 178 g/mol. The number of hydrogen-bond acceptors (Lipinski definition) is 2. The fourth-order valence-electron chi connectivity index (χ4n) is 1.54. The summed E-state index contributed by atoms with van der Waals surface area (Å²) in [4.78, 5) is 13.1. The van der Waals surface area contributed by atoms with Crippen LogP contribution in [0.3, 0.4) is 0 Å². The average Bonchev–Trinajstić information content (AvgIpc) is 2.49. The summed E-state index contributed by atoms with van der Waals surface area (Å²) in [5.41, 5.74) is 0. The zero-order chi connectivity index (χ0) is 9.14. The lowest BCUT2D eigenvalue weighted by Gasteiger charge is -2.23. The first-order valence-corrected chi connectivity index (χ1v) is 4.66. The number of carbonyl (C=O) groups is 1. The van der Waals surface area contributed by atoms with E-state index in [9.17, 15) is 4.79 Å². The zero-order valence-electron chi connectivity index (χ0n) is 7.16. The molecule has 0 radical (unpaired) electrons. The summed E-state index contributed by atoms with van der Waals surface area (Å²) in [5, 5.41) is 8.46. The molecule has 1 N–H and O–H groups in total. The van der Waals surface area contributed by atoms with Crippen molar-refractivity contribution in [2.45, 2.75) is 31.2 Å². The highest BCUT2D eigenvalue weighted by Gasteiger charge is 2.29. The molecule has 0 aromatic carbocycles. The molecular formula is C8H14ClNO2. The average molecular weight is 192 g/mol. The van der Waals surface area contributed by atoms with Gasteiger partial charge in [0.25, 0.3) is 0 Å². The van der Waals surface area contributed by atoms with Crippen molar-refractivity contribution in [3.63, 3.8) is 0 Å². The summed E-state index contributed by atoms with van der Waals surface area (Å²) in [7, 11) is 0. The number of alkyl halides is 1. The SMILES string of the molecule is CC(Cl)C(=O)N1CCC[C@H]1CO. The van der Waals surface area contributed by atoms with Crippen LogP contribution in [0.1, 0.15) is 19.8 Å². The molecule has 0 aliphatic carbocycles. The van der Waals surface area contributed by atoms with Gasteiger partial charge in [-0.15, -0.1) is 11.6 Å². The molecule has 0 aromatic heterocycles. The Hall–Kier alpha value is -0.280. The van der Waals surface area contributed by atoms with Crippen LogP contribution in [0.2, 0.25) is 0 Å². The molecule has 3 nitrogen and oxygen atoms in total. The summed E-state index contributed by atoms with van der Waals surface area (Å²) < 4.78 is 0. The molecule has 0 bridgehead atoms. The standard InChI is InChI=1S/C8H14ClNO2/c1-6(9)8(12)10-4-2-3-7(10)5-11/h6-7,11H,2-5H2,1H3/t6?,7-/m0/s1. The first kappa shape index (κ1) is 9.81. The van der Waals surface area contributed by atoms with Gasteiger partial charge in [-0.3, -0.25) is 4.79 Å². The molecule has 1 rings (SSSR count). The molecule has 0 saturated carbocycles. The largest absolute Gasteiger partial charge is 0.394 e. The van der Waals surface area contributed by atoms with Gasteiger partial charge in [0.15, 0.2) is 0 Å². The first-order valence-electron chi connectivity index (χ1n) is 4.22. The van der Waals surface area contributed by atoms with Crippen molar-refractivity contribution in [3.8, 4) is 0 Å². The van der Waals surface area contributed by atoms with Crippen molar-refractivity contribution in [2.75, 3.05) is 13.2 Å². The molecule has 1 fully saturated rings. The molecule has 1 heterocycles. The summed E-state index contributed by atoms with van der Waals surface area (Å²) in [6.45, 7) is 2.45. The van der Waals surface area contributed by atoms with Gasteiger partial charge in [0, 0.05) is 6.54 Å². The van der Waals surface area contributed by atoms with Crippen molar-refractivity contribution in [3.05, 3.63) is 0 Å². The Labute approximate surface area is 77.3 Å². The molecule has 4 heteroatoms. The highest BCUT2D eigenvalue weighted by molar-refractivity contribution is 6.30. The van der Waals surface area contributed by atoms with Crippen molar-refractivity contribution in [1.29, 1.82) is 0 Å². The van der Waals surface area contributed by atoms with Gasteiger partial charge in [-0.25, -0.2) is 0 Å². The summed E-state index contributed by atoms with van der Waals surface area (Å²) in [6.07, 6.45) is 1.87. The number of carbonyl (C=O) groups excluding carboxylic acids is 1. The van der Waals surface area contributed by atoms with Crippen LogP contribution in [-0.4, -0.2) is 40.5 Å². The van der Waals surface area contributed by atoms with E-state index in [1.54, 1.807) is 11.8 Å². The minimum atomic E-state index is -0.475. The van der Waals surface area contributed by atoms with Crippen LogP contribution in [0, 0.1) is 0 Å². The highest BCUT2D eigenvalue weighted by Crippen LogP contribution is 2.18. The molecule has 1 unspecified atom stereocenters. The normalized spacial score (nSPS) is 25.9. The van der Waals surface area contributed by atoms with Crippen LogP contribution in [0.4, 0.5) is 0 Å². The summed E-state index contributed by atoms with van der Waals surface area (Å²) in [5.74, 6) is -0.0618. The fraction of sp³-hybridized carbons (Fsp3) is 0.875. The fourth-order valence-corrected chi connectivity index (χ4v) is 1.67. The van der Waals surface area contributed by atoms with Crippen LogP contribution in [0.15, 0.2) is 0 Å². The maximum absolute atomic E-state index is 11.4. The predicted molar refractivity (Wildman–Crippen MR) is 47.1 cm³/mol. The van der Waals surface area contributed by atoms with E-state index in [1.807, 2.05) is 0 Å². The van der Waals surface area contributed by atoms with E-state index in [4.69, 9.17) is 16.7 Å². The summed E-state index contributed by atoms with van der Waals surface area (Å²) in [6, 6.07) is -0.00120. The lowest BCUT2D eigenvalue weighted by Crippen LogP contribution is -2.41. The molecule has 70 valence electrons. The number of aliphatic hydroxyl groups is 1. The Morgan fingerprint density at radius 1 is 1.83 bits per heavy atom. The van der Waals surface area contributed by atoms with Crippen molar-refractivity contribution >= 4 is 17.5 Å². The van der Waals surface area contributed by atoms with Gasteiger partial charge in [-0.1, -0.05) is 0 Å². The monoisotopic (exact) mass is 191 g/mol. The third-order valence-electron chi connectivity index (χ3n) is 2.21. The van der Waals surface area contributed by atoms with Gasteiger partial charge in [0.1, 0.15) is 5.38 Å². The number of amides is 1. The highest BCUT2D eigenvalue weighted by atomic mass is 35.5. The minimum Gasteiger partial charge on any atom is -0.394 e. The molecule has 2 atom stereocenters. The van der Waals surface area contributed by atoms with E-state index in [0.29, 0.717) is 0 Å². The molecule has 0 spiro atoms. The van der Waals surface area contributed by atoms with Crippen LogP contribution in [0.5, 0.6) is 0 Å². The zero-order valence-corrected chi connectivity index (χ0v) is 7.92.